The lowest BCUT2D eigenvalue weighted by Gasteiger charge is -2.26. The summed E-state index contributed by atoms with van der Waals surface area (Å²) in [6, 6.07) is 36.6. The van der Waals surface area contributed by atoms with Crippen molar-refractivity contribution in [1.29, 1.82) is 0 Å². The van der Waals surface area contributed by atoms with Crippen molar-refractivity contribution in [2.24, 2.45) is 0 Å². The number of para-hydroxylation sites is 2. The molecule has 9 aromatic carbocycles. The Balaban J connectivity index is 1.20. The fourth-order valence-corrected chi connectivity index (χ4v) is 7.70. The van der Waals surface area contributed by atoms with Crippen LogP contribution in [-0.4, -0.2) is 9.97 Å². The maximum atomic E-state index is 9.57. The Labute approximate surface area is 366 Å². The standard InChI is InChI=1S/C56H37N3O/c1-5-17-38(18-6-1)39-29-31-43(32-30-39)59(42-23-11-4-12-24-42)44-35-50(55-49-27-15-16-28-53(49)60-54(55)36-44)47-33-34-48(46-26-14-13-25-45(46)47)52-37-51(40-19-7-2-8-20-40)57-56(58-52)41-21-9-3-10-22-41/h1-37H/i1D,4D,5D,6D,11D,12D,17D,18D,23D,29D,30D,31D,32D. The van der Waals surface area contributed by atoms with E-state index in [0.29, 0.717) is 39.2 Å². The van der Waals surface area contributed by atoms with Gasteiger partial charge in [0.1, 0.15) is 11.2 Å². The van der Waals surface area contributed by atoms with Crippen LogP contribution in [0.3, 0.4) is 0 Å². The van der Waals surface area contributed by atoms with E-state index in [-0.39, 0.29) is 11.4 Å². The van der Waals surface area contributed by atoms with Crippen molar-refractivity contribution in [3.8, 4) is 56.2 Å². The molecule has 0 bridgehead atoms. The van der Waals surface area contributed by atoms with E-state index < -0.39 is 95.4 Å². The molecule has 11 aromatic rings. The largest absolute Gasteiger partial charge is 0.456 e. The third-order valence-electron chi connectivity index (χ3n) is 10.4. The first-order valence-electron chi connectivity index (χ1n) is 25.7. The molecule has 0 unspecified atom stereocenters. The molecule has 0 atom stereocenters. The lowest BCUT2D eigenvalue weighted by molar-refractivity contribution is 0.669. The van der Waals surface area contributed by atoms with Crippen molar-refractivity contribution in [3.63, 3.8) is 0 Å². The van der Waals surface area contributed by atoms with E-state index in [0.717, 1.165) is 44.6 Å². The van der Waals surface area contributed by atoms with Crippen molar-refractivity contribution >= 4 is 49.8 Å². The number of nitrogens with zero attached hydrogens (tertiary/aromatic N) is 3. The Kier molecular flexibility index (Phi) is 6.00. The molecule has 0 fully saturated rings. The van der Waals surface area contributed by atoms with Gasteiger partial charge < -0.3 is 9.32 Å². The first-order chi connectivity index (χ1) is 35.1. The summed E-state index contributed by atoms with van der Waals surface area (Å²) in [4.78, 5) is 11.4. The molecule has 0 aliphatic heterocycles. The molecule has 4 nitrogen and oxygen atoms in total. The molecule has 0 amide bonds. The van der Waals surface area contributed by atoms with E-state index >= 15 is 0 Å². The zero-order valence-corrected chi connectivity index (χ0v) is 31.6. The molecule has 60 heavy (non-hydrogen) atoms. The highest BCUT2D eigenvalue weighted by atomic mass is 16.3. The van der Waals surface area contributed by atoms with Crippen LogP contribution >= 0.6 is 0 Å². The van der Waals surface area contributed by atoms with Crippen LogP contribution in [0.2, 0.25) is 0 Å². The number of rotatable bonds is 8. The second-order valence-electron chi connectivity index (χ2n) is 14.0. The molecule has 282 valence electrons. The van der Waals surface area contributed by atoms with Gasteiger partial charge in [-0.1, -0.05) is 176 Å². The topological polar surface area (TPSA) is 42.2 Å². The molecule has 2 aromatic heterocycles. The molecule has 0 radical (unpaired) electrons. The second-order valence-corrected chi connectivity index (χ2v) is 14.0. The fraction of sp³-hybridized carbons (Fsp3) is 0. The molecule has 0 N–H and O–H groups in total. The molecular weight excluding hydrogens is 731 g/mol. The van der Waals surface area contributed by atoms with Crippen LogP contribution in [0, 0.1) is 0 Å². The minimum Gasteiger partial charge on any atom is -0.456 e. The Morgan fingerprint density at radius 2 is 1.00 bits per heavy atom. The van der Waals surface area contributed by atoms with Crippen LogP contribution in [0.25, 0.3) is 88.9 Å². The third kappa shape index (κ3) is 6.37. The average Bonchev–Trinajstić information content (AvgIpc) is 3.80. The minimum atomic E-state index is -0.748. The lowest BCUT2D eigenvalue weighted by atomic mass is 9.90. The summed E-state index contributed by atoms with van der Waals surface area (Å²) in [5, 5.41) is 3.07. The van der Waals surface area contributed by atoms with Gasteiger partial charge in [0.25, 0.3) is 0 Å². The van der Waals surface area contributed by atoms with Gasteiger partial charge in [0.05, 0.1) is 34.9 Å². The van der Waals surface area contributed by atoms with Crippen molar-refractivity contribution in [2.45, 2.75) is 0 Å². The predicted octanol–water partition coefficient (Wildman–Crippen LogP) is 15.3. The third-order valence-corrected chi connectivity index (χ3v) is 10.4. The molecule has 2 heterocycles. The van der Waals surface area contributed by atoms with Gasteiger partial charge in [-0.15, -0.1) is 0 Å². The van der Waals surface area contributed by atoms with Crippen molar-refractivity contribution in [1.82, 2.24) is 9.97 Å². The van der Waals surface area contributed by atoms with Gasteiger partial charge in [0, 0.05) is 44.9 Å². The molecule has 11 rings (SSSR count). The number of hydrogen-bond acceptors (Lipinski definition) is 4. The Morgan fingerprint density at radius 1 is 0.383 bits per heavy atom. The number of anilines is 3. The van der Waals surface area contributed by atoms with Gasteiger partial charge in [0.2, 0.25) is 0 Å². The van der Waals surface area contributed by atoms with E-state index in [1.165, 1.54) is 4.90 Å². The summed E-state index contributed by atoms with van der Waals surface area (Å²) in [6.45, 7) is 0. The van der Waals surface area contributed by atoms with Gasteiger partial charge in [0.15, 0.2) is 5.82 Å². The van der Waals surface area contributed by atoms with E-state index in [1.807, 2.05) is 127 Å². The maximum Gasteiger partial charge on any atom is 0.160 e. The Hall–Kier alpha value is -8.08. The molecule has 0 aliphatic rings. The number of furan rings is 1. The van der Waals surface area contributed by atoms with E-state index in [2.05, 4.69) is 0 Å². The molecule has 4 heteroatoms. The molecule has 0 aliphatic carbocycles. The van der Waals surface area contributed by atoms with Crippen LogP contribution < -0.4 is 4.90 Å². The first kappa shape index (κ1) is 24.0. The fourth-order valence-electron chi connectivity index (χ4n) is 7.70. The summed E-state index contributed by atoms with van der Waals surface area (Å²) in [6.07, 6.45) is 0. The minimum absolute atomic E-state index is 0.131. The maximum absolute atomic E-state index is 9.57. The van der Waals surface area contributed by atoms with Crippen molar-refractivity contribution < 1.29 is 22.2 Å². The average molecular weight is 781 g/mol. The number of fused-ring (bicyclic) bond motifs is 4. The highest BCUT2D eigenvalue weighted by molar-refractivity contribution is 6.17. The highest BCUT2D eigenvalue weighted by Crippen LogP contribution is 2.46. The highest BCUT2D eigenvalue weighted by Gasteiger charge is 2.22. The van der Waals surface area contributed by atoms with Gasteiger partial charge in [-0.25, -0.2) is 9.97 Å². The van der Waals surface area contributed by atoms with Gasteiger partial charge in [-0.05, 0) is 75.4 Å². The summed E-state index contributed by atoms with van der Waals surface area (Å²) in [5.74, 6) is 0.541. The summed E-state index contributed by atoms with van der Waals surface area (Å²) >= 11 is 0. The Bertz CT molecular complexity index is 3980. The summed E-state index contributed by atoms with van der Waals surface area (Å²) in [7, 11) is 0. The van der Waals surface area contributed by atoms with Crippen LogP contribution in [0.4, 0.5) is 17.1 Å². The lowest BCUT2D eigenvalue weighted by Crippen LogP contribution is -2.10. The summed E-state index contributed by atoms with van der Waals surface area (Å²) in [5.41, 5.74) is 4.52. The zero-order chi connectivity index (χ0) is 51.1. The zero-order valence-electron chi connectivity index (χ0n) is 44.6. The first-order valence-corrected chi connectivity index (χ1v) is 19.2. The van der Waals surface area contributed by atoms with Gasteiger partial charge in [-0.3, -0.25) is 0 Å². The monoisotopic (exact) mass is 780 g/mol. The number of benzene rings is 9. The Morgan fingerprint density at radius 3 is 1.78 bits per heavy atom. The van der Waals surface area contributed by atoms with E-state index in [1.54, 1.807) is 12.1 Å². The van der Waals surface area contributed by atoms with Crippen LogP contribution in [0.15, 0.2) is 229 Å². The van der Waals surface area contributed by atoms with Crippen LogP contribution in [-0.2, 0) is 0 Å². The van der Waals surface area contributed by atoms with E-state index in [9.17, 15) is 6.85 Å². The van der Waals surface area contributed by atoms with Crippen molar-refractivity contribution in [2.75, 3.05) is 4.90 Å². The second kappa shape index (κ2) is 15.0. The SMILES string of the molecule is [2H]c1cc(N(c2cc(-c3ccc(-c4cc(-c5ccccc5)nc(-c5ccccc5)n4)c4ccccc34)c3c(c2)oc2ccccc23)c2c([2H])c([2H])c(-c3c([2H])c([2H])c([2H])c([2H])c3[2H])c([2H])c2[2H])c([2H])c([2H])c1[2H]. The molecule has 0 saturated carbocycles. The van der Waals surface area contributed by atoms with Gasteiger partial charge >= 0.3 is 0 Å². The molecular formula is C56H37N3O. The van der Waals surface area contributed by atoms with Crippen molar-refractivity contribution in [3.05, 3.63) is 224 Å². The smallest absolute Gasteiger partial charge is 0.160 e. The number of aromatic nitrogens is 2. The normalized spacial score (nSPS) is 14.4. The van der Waals surface area contributed by atoms with E-state index in [4.69, 9.17) is 25.4 Å². The quantitative estimate of drug-likeness (QED) is 0.154. The van der Waals surface area contributed by atoms with Crippen LogP contribution in [0.1, 0.15) is 17.8 Å². The summed E-state index contributed by atoms with van der Waals surface area (Å²) < 4.78 is 122. The molecule has 0 spiro atoms. The number of hydrogen-bond donors (Lipinski definition) is 0. The van der Waals surface area contributed by atoms with Crippen LogP contribution in [0.5, 0.6) is 0 Å². The van der Waals surface area contributed by atoms with Gasteiger partial charge in [-0.2, -0.15) is 0 Å². The predicted molar refractivity (Wildman–Crippen MR) is 249 cm³/mol. The molecule has 0 saturated heterocycles.